The van der Waals surface area contributed by atoms with Crippen LogP contribution in [0, 0.1) is 11.8 Å². The zero-order valence-electron chi connectivity index (χ0n) is 12.0. The van der Waals surface area contributed by atoms with Crippen molar-refractivity contribution in [1.82, 2.24) is 0 Å². The van der Waals surface area contributed by atoms with E-state index >= 15 is 0 Å². The van der Waals surface area contributed by atoms with Gasteiger partial charge in [-0.3, -0.25) is 0 Å². The molecule has 3 heteroatoms. The van der Waals surface area contributed by atoms with Gasteiger partial charge in [0, 0.05) is 6.61 Å². The summed E-state index contributed by atoms with van der Waals surface area (Å²) in [6, 6.07) is 10.1. The molecule has 1 N–H and O–H groups in total. The van der Waals surface area contributed by atoms with Crippen molar-refractivity contribution < 1.29 is 14.6 Å². The molecule has 5 atom stereocenters. The van der Waals surface area contributed by atoms with E-state index in [0.717, 1.165) is 5.56 Å². The highest BCUT2D eigenvalue weighted by Crippen LogP contribution is 2.28. The average Bonchev–Trinajstić information content (AvgIpc) is 2.52. The van der Waals surface area contributed by atoms with Gasteiger partial charge in [0.05, 0.1) is 18.8 Å². The minimum absolute atomic E-state index is 0.173. The monoisotopic (exact) mass is 264 g/mol. The molecule has 1 fully saturated rings. The molecule has 2 rings (SSSR count). The Bertz CT molecular complexity index is 363. The Kier molecular flexibility index (Phi) is 4.97. The Hall–Kier alpha value is -0.900. The van der Waals surface area contributed by atoms with E-state index in [9.17, 15) is 5.11 Å². The highest BCUT2D eigenvalue weighted by molar-refractivity contribution is 5.13. The summed E-state index contributed by atoms with van der Waals surface area (Å²) >= 11 is 0. The quantitative estimate of drug-likeness (QED) is 0.912. The Morgan fingerprint density at radius 1 is 1.21 bits per heavy atom. The van der Waals surface area contributed by atoms with Gasteiger partial charge in [-0.25, -0.2) is 0 Å². The van der Waals surface area contributed by atoms with Gasteiger partial charge in [-0.2, -0.15) is 0 Å². The van der Waals surface area contributed by atoms with Crippen molar-refractivity contribution in [2.75, 3.05) is 6.61 Å². The normalized spacial score (nSPS) is 35.9. The molecule has 0 saturated carbocycles. The van der Waals surface area contributed by atoms with Gasteiger partial charge < -0.3 is 14.6 Å². The van der Waals surface area contributed by atoms with Gasteiger partial charge in [-0.1, -0.05) is 44.2 Å². The lowest BCUT2D eigenvalue weighted by Crippen LogP contribution is -2.41. The minimum atomic E-state index is -0.566. The summed E-state index contributed by atoms with van der Waals surface area (Å²) in [5, 5.41) is 10.3. The second-order valence-electron chi connectivity index (χ2n) is 5.63. The molecule has 0 aliphatic carbocycles. The molecule has 0 bridgehead atoms. The first-order valence-electron chi connectivity index (χ1n) is 7.04. The smallest absolute Gasteiger partial charge is 0.106 e. The van der Waals surface area contributed by atoms with Crippen molar-refractivity contribution in [1.29, 1.82) is 0 Å². The van der Waals surface area contributed by atoms with Crippen LogP contribution in [-0.2, 0) is 16.1 Å². The third-order valence-corrected chi connectivity index (χ3v) is 4.14. The Labute approximate surface area is 115 Å². The first kappa shape index (κ1) is 14.5. The average molecular weight is 264 g/mol. The SMILES string of the molecule is C[C@H]1[C@H](OCc2ccccc2)[C@H](O)[C@@H](C)OC[C@H]1C. The van der Waals surface area contributed by atoms with E-state index in [4.69, 9.17) is 9.47 Å². The van der Waals surface area contributed by atoms with Crippen LogP contribution in [-0.4, -0.2) is 30.0 Å². The molecule has 0 spiro atoms. The first-order chi connectivity index (χ1) is 9.09. The summed E-state index contributed by atoms with van der Waals surface area (Å²) in [4.78, 5) is 0. The van der Waals surface area contributed by atoms with Crippen LogP contribution in [0.2, 0.25) is 0 Å². The van der Waals surface area contributed by atoms with E-state index in [1.54, 1.807) is 0 Å². The zero-order chi connectivity index (χ0) is 13.8. The van der Waals surface area contributed by atoms with Crippen LogP contribution in [0.15, 0.2) is 30.3 Å². The Morgan fingerprint density at radius 2 is 1.89 bits per heavy atom. The van der Waals surface area contributed by atoms with Crippen molar-refractivity contribution in [3.8, 4) is 0 Å². The summed E-state index contributed by atoms with van der Waals surface area (Å²) in [6.45, 7) is 7.41. The van der Waals surface area contributed by atoms with Crippen molar-refractivity contribution in [3.63, 3.8) is 0 Å². The Morgan fingerprint density at radius 3 is 2.58 bits per heavy atom. The minimum Gasteiger partial charge on any atom is -0.388 e. The summed E-state index contributed by atoms with van der Waals surface area (Å²) in [6.07, 6.45) is -0.912. The van der Waals surface area contributed by atoms with Gasteiger partial charge in [0.25, 0.3) is 0 Å². The number of benzene rings is 1. The molecule has 1 aromatic rings. The largest absolute Gasteiger partial charge is 0.388 e. The van der Waals surface area contributed by atoms with Crippen LogP contribution in [0.1, 0.15) is 26.3 Å². The highest BCUT2D eigenvalue weighted by atomic mass is 16.5. The molecular formula is C16H24O3. The van der Waals surface area contributed by atoms with E-state index in [1.165, 1.54) is 0 Å². The summed E-state index contributed by atoms with van der Waals surface area (Å²) in [5.74, 6) is 0.670. The molecule has 0 amide bonds. The predicted octanol–water partition coefficient (Wildman–Crippen LogP) is 2.62. The third-order valence-electron chi connectivity index (χ3n) is 4.14. The number of hydrogen-bond donors (Lipinski definition) is 1. The van der Waals surface area contributed by atoms with Crippen LogP contribution in [0.4, 0.5) is 0 Å². The molecule has 0 aromatic heterocycles. The van der Waals surface area contributed by atoms with Gasteiger partial charge in [-0.05, 0) is 24.3 Å². The fourth-order valence-electron chi connectivity index (χ4n) is 2.47. The van der Waals surface area contributed by atoms with E-state index in [0.29, 0.717) is 19.1 Å². The molecule has 19 heavy (non-hydrogen) atoms. The van der Waals surface area contributed by atoms with Crippen molar-refractivity contribution in [2.45, 2.75) is 45.7 Å². The maximum atomic E-state index is 10.3. The molecule has 3 nitrogen and oxygen atoms in total. The van der Waals surface area contributed by atoms with E-state index in [-0.39, 0.29) is 18.1 Å². The van der Waals surface area contributed by atoms with Crippen LogP contribution in [0.3, 0.4) is 0 Å². The molecule has 1 aliphatic rings. The van der Waals surface area contributed by atoms with E-state index in [1.807, 2.05) is 37.3 Å². The summed E-state index contributed by atoms with van der Waals surface area (Å²) in [7, 11) is 0. The molecule has 0 unspecified atom stereocenters. The third kappa shape index (κ3) is 3.56. The molecule has 1 aliphatic heterocycles. The summed E-state index contributed by atoms with van der Waals surface area (Å²) in [5.41, 5.74) is 1.13. The van der Waals surface area contributed by atoms with Gasteiger partial charge in [0.15, 0.2) is 0 Å². The molecule has 0 radical (unpaired) electrons. The van der Waals surface area contributed by atoms with Gasteiger partial charge in [0.1, 0.15) is 6.10 Å². The fourth-order valence-corrected chi connectivity index (χ4v) is 2.47. The van der Waals surface area contributed by atoms with Gasteiger partial charge >= 0.3 is 0 Å². The first-order valence-corrected chi connectivity index (χ1v) is 7.04. The number of ether oxygens (including phenoxy) is 2. The lowest BCUT2D eigenvalue weighted by Gasteiger charge is -2.29. The molecular weight excluding hydrogens is 240 g/mol. The molecule has 1 saturated heterocycles. The van der Waals surface area contributed by atoms with Crippen LogP contribution in [0.25, 0.3) is 0 Å². The number of rotatable bonds is 3. The Balaban J connectivity index is 2.02. The van der Waals surface area contributed by atoms with E-state index < -0.39 is 6.10 Å². The highest BCUT2D eigenvalue weighted by Gasteiger charge is 2.36. The van der Waals surface area contributed by atoms with Gasteiger partial charge in [-0.15, -0.1) is 0 Å². The predicted molar refractivity (Wildman–Crippen MR) is 74.8 cm³/mol. The lowest BCUT2D eigenvalue weighted by atomic mass is 9.88. The van der Waals surface area contributed by atoms with Gasteiger partial charge in [0.2, 0.25) is 0 Å². The van der Waals surface area contributed by atoms with Crippen LogP contribution >= 0.6 is 0 Å². The molecule has 1 heterocycles. The fraction of sp³-hybridized carbons (Fsp3) is 0.625. The standard InChI is InChI=1S/C16H24O3/c1-11-9-18-13(3)15(17)16(12(11)2)19-10-14-7-5-4-6-8-14/h4-8,11-13,15-17H,9-10H2,1-3H3/t11-,12-,13-,15-,16+/m1/s1. The van der Waals surface area contributed by atoms with Crippen molar-refractivity contribution >= 4 is 0 Å². The van der Waals surface area contributed by atoms with Crippen molar-refractivity contribution in [2.24, 2.45) is 11.8 Å². The number of aliphatic hydroxyl groups excluding tert-OH is 1. The maximum absolute atomic E-state index is 10.3. The number of aliphatic hydroxyl groups is 1. The summed E-state index contributed by atoms with van der Waals surface area (Å²) < 4.78 is 11.6. The van der Waals surface area contributed by atoms with Crippen LogP contribution < -0.4 is 0 Å². The van der Waals surface area contributed by atoms with E-state index in [2.05, 4.69) is 13.8 Å². The number of hydrogen-bond acceptors (Lipinski definition) is 3. The molecule has 106 valence electrons. The topological polar surface area (TPSA) is 38.7 Å². The zero-order valence-corrected chi connectivity index (χ0v) is 12.0. The molecule has 1 aromatic carbocycles. The maximum Gasteiger partial charge on any atom is 0.106 e. The second kappa shape index (κ2) is 6.51. The van der Waals surface area contributed by atoms with Crippen molar-refractivity contribution in [3.05, 3.63) is 35.9 Å². The second-order valence-corrected chi connectivity index (χ2v) is 5.63. The lowest BCUT2D eigenvalue weighted by molar-refractivity contribution is -0.105. The van der Waals surface area contributed by atoms with Crippen LogP contribution in [0.5, 0.6) is 0 Å².